The van der Waals surface area contributed by atoms with E-state index in [0.717, 1.165) is 55.2 Å². The molecule has 0 atom stereocenters. The van der Waals surface area contributed by atoms with Crippen LogP contribution in [-0.2, 0) is 5.41 Å². The van der Waals surface area contributed by atoms with Gasteiger partial charge in [-0.3, -0.25) is 9.69 Å². The first-order valence-corrected chi connectivity index (χ1v) is 15.5. The van der Waals surface area contributed by atoms with Crippen molar-refractivity contribution in [3.8, 4) is 0 Å². The van der Waals surface area contributed by atoms with E-state index in [1.165, 1.54) is 16.9 Å². The highest BCUT2D eigenvalue weighted by atomic mass is 79.9. The molecule has 0 bridgehead atoms. The molecule has 5 heteroatoms. The minimum Gasteiger partial charge on any atom is -0.310 e. The molecule has 2 aliphatic heterocycles. The highest BCUT2D eigenvalue weighted by Crippen LogP contribution is 2.62. The third-order valence-electron chi connectivity index (χ3n) is 8.31. The van der Waals surface area contributed by atoms with Crippen molar-refractivity contribution in [2.75, 3.05) is 9.80 Å². The molecule has 0 saturated heterocycles. The van der Waals surface area contributed by atoms with Crippen LogP contribution in [0, 0.1) is 6.92 Å². The maximum Gasteiger partial charge on any atom is 0.264 e. The van der Waals surface area contributed by atoms with Crippen LogP contribution in [0.25, 0.3) is 0 Å². The number of para-hydroxylation sites is 3. The number of hydrogen-bond acceptors (Lipinski definition) is 3. The highest BCUT2D eigenvalue weighted by Gasteiger charge is 2.52. The van der Waals surface area contributed by atoms with Gasteiger partial charge in [0.25, 0.3) is 5.91 Å². The third kappa shape index (κ3) is 3.60. The van der Waals surface area contributed by atoms with Crippen LogP contribution in [0.3, 0.4) is 0 Å². The Morgan fingerprint density at radius 3 is 1.83 bits per heavy atom. The fourth-order valence-electron chi connectivity index (χ4n) is 6.60. The fraction of sp³-hybridized carbons (Fsp3) is 0.0541. The van der Waals surface area contributed by atoms with Gasteiger partial charge in [0.1, 0.15) is 0 Å². The minimum atomic E-state index is -0.737. The zero-order valence-corrected chi connectivity index (χ0v) is 25.5. The maximum absolute atomic E-state index is 14.3. The van der Waals surface area contributed by atoms with Crippen molar-refractivity contribution in [1.29, 1.82) is 0 Å². The molecule has 1 spiro atoms. The predicted molar refractivity (Wildman–Crippen MR) is 178 cm³/mol. The summed E-state index contributed by atoms with van der Waals surface area (Å²) >= 11 is 5.08. The number of aryl methyl sites for hydroxylation is 1. The number of anilines is 4. The highest BCUT2D eigenvalue weighted by molar-refractivity contribution is 9.10. The number of hydrogen-bond donors (Lipinski definition) is 0. The standard InChI is InChI=1S/C37H27BrN2OS/c1-4-27-32(5-2)40(36(41)26-22-42-23-31(26)38)35-17-11-8-14-30(35)37(27)28-12-6-9-15-33(28)39(25-20-18-24(3)19-21-25)34-16-10-7-13-29(34)37/h4-23H,1-2H2,3H3. The van der Waals surface area contributed by atoms with E-state index in [4.69, 9.17) is 0 Å². The van der Waals surface area contributed by atoms with E-state index in [0.29, 0.717) is 5.56 Å². The minimum absolute atomic E-state index is 0.113. The Morgan fingerprint density at radius 1 is 0.762 bits per heavy atom. The lowest BCUT2D eigenvalue weighted by atomic mass is 9.59. The molecule has 0 aliphatic carbocycles. The van der Waals surface area contributed by atoms with Crippen LogP contribution in [0.1, 0.15) is 32.6 Å². The van der Waals surface area contributed by atoms with E-state index in [-0.39, 0.29) is 5.91 Å². The second kappa shape index (κ2) is 10.1. The molecule has 7 rings (SSSR count). The fourth-order valence-corrected chi connectivity index (χ4v) is 8.04. The molecule has 0 fully saturated rings. The molecular formula is C37H27BrN2OS. The Morgan fingerprint density at radius 2 is 1.31 bits per heavy atom. The Kier molecular flexibility index (Phi) is 6.37. The normalized spacial score (nSPS) is 14.7. The number of nitrogens with zero attached hydrogens (tertiary/aromatic N) is 2. The van der Waals surface area contributed by atoms with Crippen LogP contribution in [0.5, 0.6) is 0 Å². The summed E-state index contributed by atoms with van der Waals surface area (Å²) in [6, 6.07) is 34.0. The zero-order valence-electron chi connectivity index (χ0n) is 23.1. The van der Waals surface area contributed by atoms with E-state index < -0.39 is 5.41 Å². The molecule has 2 aliphatic rings. The Balaban J connectivity index is 1.61. The van der Waals surface area contributed by atoms with Gasteiger partial charge in [-0.1, -0.05) is 91.5 Å². The van der Waals surface area contributed by atoms with Crippen molar-refractivity contribution in [3.05, 3.63) is 177 Å². The first kappa shape index (κ1) is 26.4. The number of amides is 1. The Bertz CT molecular complexity index is 1890. The maximum atomic E-state index is 14.3. The van der Waals surface area contributed by atoms with Crippen molar-refractivity contribution in [2.45, 2.75) is 12.3 Å². The first-order chi connectivity index (χ1) is 20.5. The van der Waals surface area contributed by atoms with Crippen LogP contribution in [0.2, 0.25) is 0 Å². The quantitative estimate of drug-likeness (QED) is 0.198. The van der Waals surface area contributed by atoms with Crippen LogP contribution < -0.4 is 9.80 Å². The molecule has 4 aromatic carbocycles. The van der Waals surface area contributed by atoms with Gasteiger partial charge in [-0.2, -0.15) is 11.3 Å². The molecule has 1 amide bonds. The number of allylic oxidation sites excluding steroid dienone is 3. The predicted octanol–water partition coefficient (Wildman–Crippen LogP) is 10.2. The summed E-state index contributed by atoms with van der Waals surface area (Å²) in [7, 11) is 0. The molecular weight excluding hydrogens is 600 g/mol. The number of fused-ring (bicyclic) bond motifs is 6. The number of benzene rings is 4. The molecule has 0 N–H and O–H groups in total. The van der Waals surface area contributed by atoms with Gasteiger partial charge in [0.05, 0.1) is 33.7 Å². The average Bonchev–Trinajstić information content (AvgIpc) is 3.47. The second-order valence-electron chi connectivity index (χ2n) is 10.5. The lowest BCUT2D eigenvalue weighted by Gasteiger charge is -2.51. The van der Waals surface area contributed by atoms with Crippen LogP contribution in [-0.4, -0.2) is 5.91 Å². The van der Waals surface area contributed by atoms with E-state index in [2.05, 4.69) is 126 Å². The van der Waals surface area contributed by atoms with Crippen molar-refractivity contribution in [1.82, 2.24) is 0 Å². The van der Waals surface area contributed by atoms with Gasteiger partial charge < -0.3 is 4.90 Å². The van der Waals surface area contributed by atoms with Gasteiger partial charge in [-0.05, 0) is 81.5 Å². The largest absolute Gasteiger partial charge is 0.310 e. The second-order valence-corrected chi connectivity index (χ2v) is 12.1. The first-order valence-electron chi connectivity index (χ1n) is 13.7. The molecule has 3 nitrogen and oxygen atoms in total. The summed E-state index contributed by atoms with van der Waals surface area (Å²) in [6.07, 6.45) is 3.70. The van der Waals surface area contributed by atoms with Crippen molar-refractivity contribution in [2.24, 2.45) is 0 Å². The molecule has 0 radical (unpaired) electrons. The molecule has 0 unspecified atom stereocenters. The Hall–Kier alpha value is -4.45. The van der Waals surface area contributed by atoms with Gasteiger partial charge in [-0.25, -0.2) is 0 Å². The van der Waals surface area contributed by atoms with Crippen molar-refractivity contribution >= 4 is 55.9 Å². The molecule has 0 saturated carbocycles. The van der Waals surface area contributed by atoms with Crippen molar-refractivity contribution < 1.29 is 4.79 Å². The summed E-state index contributed by atoms with van der Waals surface area (Å²) < 4.78 is 0.779. The monoisotopic (exact) mass is 626 g/mol. The molecule has 3 heterocycles. The SMILES string of the molecule is C=CC1=C(C=C)C2(c3ccccc3N1C(=O)c1cscc1Br)c1ccccc1N(c1ccc(C)cc1)c1ccccc12. The summed E-state index contributed by atoms with van der Waals surface area (Å²) in [5, 5.41) is 3.82. The van der Waals surface area contributed by atoms with Gasteiger partial charge in [0.15, 0.2) is 0 Å². The van der Waals surface area contributed by atoms with Gasteiger partial charge in [0.2, 0.25) is 0 Å². The van der Waals surface area contributed by atoms with E-state index in [1.54, 1.807) is 11.0 Å². The molecule has 5 aromatic rings. The lowest BCUT2D eigenvalue weighted by Crippen LogP contribution is -2.45. The summed E-state index contributed by atoms with van der Waals surface area (Å²) in [5.41, 5.74) is 10.1. The summed E-state index contributed by atoms with van der Waals surface area (Å²) in [4.78, 5) is 18.4. The smallest absolute Gasteiger partial charge is 0.264 e. The topological polar surface area (TPSA) is 23.6 Å². The van der Waals surface area contributed by atoms with E-state index >= 15 is 0 Å². The number of carbonyl (C=O) groups is 1. The van der Waals surface area contributed by atoms with Crippen LogP contribution in [0.4, 0.5) is 22.7 Å². The van der Waals surface area contributed by atoms with Gasteiger partial charge >= 0.3 is 0 Å². The van der Waals surface area contributed by atoms with Gasteiger partial charge in [-0.15, -0.1) is 0 Å². The Labute approximate surface area is 258 Å². The number of halogens is 1. The number of carbonyl (C=O) groups excluding carboxylic acids is 1. The van der Waals surface area contributed by atoms with Gasteiger partial charge in [0, 0.05) is 20.9 Å². The number of rotatable bonds is 4. The molecule has 1 aromatic heterocycles. The third-order valence-corrected chi connectivity index (χ3v) is 10.0. The molecule has 204 valence electrons. The summed E-state index contributed by atoms with van der Waals surface area (Å²) in [5.74, 6) is -0.113. The van der Waals surface area contributed by atoms with E-state index in [1.807, 2.05) is 29.0 Å². The van der Waals surface area contributed by atoms with Crippen LogP contribution in [0.15, 0.2) is 149 Å². The van der Waals surface area contributed by atoms with Crippen molar-refractivity contribution in [3.63, 3.8) is 0 Å². The van der Waals surface area contributed by atoms with E-state index in [9.17, 15) is 4.79 Å². The lowest BCUT2D eigenvalue weighted by molar-refractivity contribution is 0.0994. The zero-order chi connectivity index (χ0) is 29.0. The summed E-state index contributed by atoms with van der Waals surface area (Å²) in [6.45, 7) is 10.7. The van der Waals surface area contributed by atoms with Crippen LogP contribution >= 0.6 is 27.3 Å². The number of thiophene rings is 1. The average molecular weight is 628 g/mol. The molecule has 42 heavy (non-hydrogen) atoms.